The summed E-state index contributed by atoms with van der Waals surface area (Å²) in [5.74, 6) is -0.0806. The number of nitrogens with zero attached hydrogens (tertiary/aromatic N) is 1. The molecule has 2 aromatic rings. The zero-order valence-electron chi connectivity index (χ0n) is 18.0. The fourth-order valence-electron chi connectivity index (χ4n) is 3.02. The number of hydrogen-bond donors (Lipinski definition) is 1. The van der Waals surface area contributed by atoms with Gasteiger partial charge in [-0.05, 0) is 42.0 Å². The molecular weight excluding hydrogens is 384 g/mol. The van der Waals surface area contributed by atoms with E-state index in [0.29, 0.717) is 13.0 Å². The predicted octanol–water partition coefficient (Wildman–Crippen LogP) is 4.26. The summed E-state index contributed by atoms with van der Waals surface area (Å²) in [6, 6.07) is 16.5. The van der Waals surface area contributed by atoms with Crippen molar-refractivity contribution in [2.45, 2.75) is 56.9 Å². The maximum absolute atomic E-state index is 12.5. The van der Waals surface area contributed by atoms with Crippen molar-refractivity contribution >= 4 is 15.9 Å². The van der Waals surface area contributed by atoms with Crippen molar-refractivity contribution in [3.05, 3.63) is 65.7 Å². The second-order valence-electron chi connectivity index (χ2n) is 8.40. The Morgan fingerprint density at radius 3 is 2.17 bits per heavy atom. The van der Waals surface area contributed by atoms with Crippen LogP contribution in [0.15, 0.2) is 59.5 Å². The van der Waals surface area contributed by atoms with E-state index in [4.69, 9.17) is 0 Å². The third-order valence-electron chi connectivity index (χ3n) is 4.98. The van der Waals surface area contributed by atoms with Crippen molar-refractivity contribution in [3.63, 3.8) is 0 Å². The van der Waals surface area contributed by atoms with Gasteiger partial charge in [-0.15, -0.1) is 0 Å². The number of rotatable bonds is 8. The molecule has 0 fully saturated rings. The lowest BCUT2D eigenvalue weighted by Crippen LogP contribution is -2.30. The van der Waals surface area contributed by atoms with Crippen LogP contribution in [0.3, 0.4) is 0 Å². The van der Waals surface area contributed by atoms with Gasteiger partial charge >= 0.3 is 0 Å². The van der Waals surface area contributed by atoms with Crippen molar-refractivity contribution in [1.82, 2.24) is 9.62 Å². The van der Waals surface area contributed by atoms with Crippen LogP contribution in [-0.4, -0.2) is 32.2 Å². The first kappa shape index (κ1) is 23.1. The van der Waals surface area contributed by atoms with Gasteiger partial charge in [-0.1, -0.05) is 63.2 Å². The van der Waals surface area contributed by atoms with Gasteiger partial charge in [0.05, 0.1) is 10.9 Å². The number of hydrogen-bond acceptors (Lipinski definition) is 3. The molecule has 0 aliphatic rings. The Morgan fingerprint density at radius 1 is 1.03 bits per heavy atom. The third-order valence-corrected chi connectivity index (χ3v) is 6.85. The molecule has 0 aliphatic heterocycles. The van der Waals surface area contributed by atoms with E-state index in [1.165, 1.54) is 9.87 Å². The van der Waals surface area contributed by atoms with Crippen molar-refractivity contribution in [3.8, 4) is 0 Å². The fraction of sp³-hybridized carbons (Fsp3) is 0.435. The summed E-state index contributed by atoms with van der Waals surface area (Å²) in [4.78, 5) is 12.5. The quantitative estimate of drug-likeness (QED) is 0.699. The van der Waals surface area contributed by atoms with Crippen molar-refractivity contribution in [1.29, 1.82) is 0 Å². The number of nitrogens with one attached hydrogen (secondary N) is 1. The van der Waals surface area contributed by atoms with Crippen LogP contribution >= 0.6 is 0 Å². The Morgan fingerprint density at radius 2 is 1.62 bits per heavy atom. The summed E-state index contributed by atoms with van der Waals surface area (Å²) in [5, 5.41) is 2.99. The van der Waals surface area contributed by atoms with E-state index in [2.05, 4.69) is 38.2 Å². The predicted molar refractivity (Wildman–Crippen MR) is 117 cm³/mol. The van der Waals surface area contributed by atoms with Crippen LogP contribution in [0.25, 0.3) is 0 Å². The lowest BCUT2D eigenvalue weighted by molar-refractivity contribution is -0.121. The lowest BCUT2D eigenvalue weighted by atomic mass is 9.86. The van der Waals surface area contributed by atoms with Crippen LogP contribution < -0.4 is 5.32 Å². The van der Waals surface area contributed by atoms with E-state index in [-0.39, 0.29) is 28.7 Å². The van der Waals surface area contributed by atoms with Crippen LogP contribution in [0, 0.1) is 0 Å². The molecule has 2 rings (SSSR count). The molecule has 0 spiro atoms. The molecule has 0 aliphatic carbocycles. The molecule has 29 heavy (non-hydrogen) atoms. The van der Waals surface area contributed by atoms with Gasteiger partial charge in [0.15, 0.2) is 0 Å². The highest BCUT2D eigenvalue weighted by Crippen LogP contribution is 2.24. The Labute approximate surface area is 175 Å². The van der Waals surface area contributed by atoms with Gasteiger partial charge in [-0.3, -0.25) is 4.79 Å². The Kier molecular flexibility index (Phi) is 7.60. The number of amides is 1. The largest absolute Gasteiger partial charge is 0.350 e. The third kappa shape index (κ3) is 6.41. The normalized spacial score (nSPS) is 13.3. The molecule has 1 atom stereocenters. The summed E-state index contributed by atoms with van der Waals surface area (Å²) in [6.07, 6.45) is 0.739. The second-order valence-corrected chi connectivity index (χ2v) is 10.4. The molecule has 158 valence electrons. The molecule has 6 heteroatoms. The Hall–Kier alpha value is -2.18. The van der Waals surface area contributed by atoms with E-state index in [9.17, 15) is 13.2 Å². The van der Waals surface area contributed by atoms with E-state index in [1.54, 1.807) is 37.4 Å². The second kappa shape index (κ2) is 9.55. The zero-order chi connectivity index (χ0) is 21.7. The molecule has 5 nitrogen and oxygen atoms in total. The topological polar surface area (TPSA) is 66.5 Å². The van der Waals surface area contributed by atoms with E-state index < -0.39 is 10.0 Å². The summed E-state index contributed by atoms with van der Waals surface area (Å²) in [5.41, 5.74) is 2.40. The Bertz CT molecular complexity index is 901. The minimum Gasteiger partial charge on any atom is -0.350 e. The van der Waals surface area contributed by atoms with Crippen molar-refractivity contribution < 1.29 is 13.2 Å². The molecule has 2 aromatic carbocycles. The van der Waals surface area contributed by atoms with Crippen LogP contribution in [0.2, 0.25) is 0 Å². The highest BCUT2D eigenvalue weighted by Gasteiger charge is 2.20. The molecule has 0 saturated carbocycles. The smallest absolute Gasteiger partial charge is 0.242 e. The highest BCUT2D eigenvalue weighted by molar-refractivity contribution is 7.89. The van der Waals surface area contributed by atoms with Crippen molar-refractivity contribution in [2.75, 3.05) is 13.6 Å². The van der Waals surface area contributed by atoms with Crippen LogP contribution in [0.5, 0.6) is 0 Å². The monoisotopic (exact) mass is 416 g/mol. The zero-order valence-corrected chi connectivity index (χ0v) is 18.8. The molecule has 0 heterocycles. The number of benzene rings is 2. The molecule has 1 amide bonds. The van der Waals surface area contributed by atoms with Gasteiger partial charge < -0.3 is 5.32 Å². The maximum atomic E-state index is 12.5. The first-order chi connectivity index (χ1) is 13.5. The fourth-order valence-corrected chi connectivity index (χ4v) is 4.25. The minimum absolute atomic E-state index is 0.0806. The summed E-state index contributed by atoms with van der Waals surface area (Å²) < 4.78 is 26.3. The summed E-state index contributed by atoms with van der Waals surface area (Å²) >= 11 is 0. The van der Waals surface area contributed by atoms with Gasteiger partial charge in [0, 0.05) is 20.0 Å². The number of sulfonamides is 1. The first-order valence-electron chi connectivity index (χ1n) is 9.93. The van der Waals surface area contributed by atoms with Gasteiger partial charge in [0.2, 0.25) is 15.9 Å². The van der Waals surface area contributed by atoms with Crippen LogP contribution in [0.4, 0.5) is 0 Å². The Balaban J connectivity index is 1.83. The highest BCUT2D eigenvalue weighted by atomic mass is 32.2. The standard InChI is InChI=1S/C23H32N2O3S/c1-18(19-13-15-20(16-14-19)23(2,3)4)24-22(26)12-9-17-25(5)29(27,28)21-10-7-6-8-11-21/h6-8,10-11,13-16,18H,9,12,17H2,1-5H3,(H,24,26)/t18-/m0/s1. The van der Waals surface area contributed by atoms with Crippen LogP contribution in [0.1, 0.15) is 57.7 Å². The summed E-state index contributed by atoms with van der Waals surface area (Å²) in [6.45, 7) is 8.75. The molecule has 1 N–H and O–H groups in total. The molecule has 0 aromatic heterocycles. The van der Waals surface area contributed by atoms with Gasteiger partial charge in [-0.25, -0.2) is 12.7 Å². The van der Waals surface area contributed by atoms with Gasteiger partial charge in [0.1, 0.15) is 0 Å². The molecule has 0 saturated heterocycles. The van der Waals surface area contributed by atoms with E-state index >= 15 is 0 Å². The molecule has 0 radical (unpaired) electrons. The van der Waals surface area contributed by atoms with E-state index in [1.807, 2.05) is 19.1 Å². The van der Waals surface area contributed by atoms with Crippen LogP contribution in [-0.2, 0) is 20.2 Å². The maximum Gasteiger partial charge on any atom is 0.242 e. The number of carbonyl (C=O) groups is 1. The molecule has 0 bridgehead atoms. The SMILES string of the molecule is C[C@H](NC(=O)CCCN(C)S(=O)(=O)c1ccccc1)c1ccc(C(C)(C)C)cc1. The van der Waals surface area contributed by atoms with Gasteiger partial charge in [-0.2, -0.15) is 0 Å². The number of carbonyl (C=O) groups excluding carboxylic acids is 1. The lowest BCUT2D eigenvalue weighted by Gasteiger charge is -2.21. The van der Waals surface area contributed by atoms with Gasteiger partial charge in [0.25, 0.3) is 0 Å². The average Bonchev–Trinajstić information content (AvgIpc) is 2.68. The average molecular weight is 417 g/mol. The molecular formula is C23H32N2O3S. The van der Waals surface area contributed by atoms with E-state index in [0.717, 1.165) is 5.56 Å². The first-order valence-corrected chi connectivity index (χ1v) is 11.4. The minimum atomic E-state index is -3.52. The molecule has 0 unspecified atom stereocenters. The van der Waals surface area contributed by atoms with Crippen molar-refractivity contribution in [2.24, 2.45) is 0 Å². The summed E-state index contributed by atoms with van der Waals surface area (Å²) in [7, 11) is -1.98.